The molecule has 4 aliphatic heterocycles. The summed E-state index contributed by atoms with van der Waals surface area (Å²) in [4.78, 5) is 88.5. The zero-order valence-corrected chi connectivity index (χ0v) is 33.6. The van der Waals surface area contributed by atoms with E-state index in [1.807, 2.05) is 6.07 Å². The highest BCUT2D eigenvalue weighted by atomic mass is 32.2. The highest BCUT2D eigenvalue weighted by Gasteiger charge is 2.65. The maximum atomic E-state index is 12.8. The van der Waals surface area contributed by atoms with Crippen LogP contribution in [0.2, 0.25) is 0 Å². The summed E-state index contributed by atoms with van der Waals surface area (Å²) in [7, 11) is 0. The van der Waals surface area contributed by atoms with Crippen LogP contribution in [-0.2, 0) is 43.0 Å². The van der Waals surface area contributed by atoms with Gasteiger partial charge in [0.1, 0.15) is 52.7 Å². The second-order valence-electron chi connectivity index (χ2n) is 14.6. The fourth-order valence-electron chi connectivity index (χ4n) is 6.94. The molecule has 0 bridgehead atoms. The lowest BCUT2D eigenvalue weighted by Crippen LogP contribution is -2.71. The Bertz CT molecular complexity index is 1900. The van der Waals surface area contributed by atoms with E-state index in [4.69, 9.17) is 20.9 Å². The van der Waals surface area contributed by atoms with Gasteiger partial charge in [0.2, 0.25) is 29.9 Å². The number of β-lactam (4-membered cyclic amide) rings is 2. The van der Waals surface area contributed by atoms with Crippen molar-refractivity contribution in [1.29, 1.82) is 0 Å². The molecule has 2 aromatic rings. The summed E-state index contributed by atoms with van der Waals surface area (Å²) in [5, 5.41) is 23.1. The molecule has 18 nitrogen and oxygen atoms in total. The Balaban J connectivity index is 0.000000224. The number of amides is 4. The molecule has 4 amide bonds. The van der Waals surface area contributed by atoms with E-state index in [0.29, 0.717) is 11.1 Å². The third-order valence-corrected chi connectivity index (χ3v) is 12.9. The Morgan fingerprint density at radius 2 is 1.23 bits per heavy atom. The number of phenolic OH excluding ortho intramolecular Hbond substituents is 1. The van der Waals surface area contributed by atoms with Gasteiger partial charge >= 0.3 is 18.1 Å². The second kappa shape index (κ2) is 16.8. The summed E-state index contributed by atoms with van der Waals surface area (Å²) >= 11 is 2.73. The maximum absolute atomic E-state index is 12.8. The number of carboxylic acids is 1. The van der Waals surface area contributed by atoms with E-state index >= 15 is 0 Å². The van der Waals surface area contributed by atoms with Gasteiger partial charge < -0.3 is 56.3 Å². The molecule has 2 aromatic carbocycles. The van der Waals surface area contributed by atoms with Gasteiger partial charge in [-0.15, -0.1) is 23.5 Å². The summed E-state index contributed by atoms with van der Waals surface area (Å²) in [6.45, 7) is 10.3. The molecule has 308 valence electrons. The molecule has 0 saturated carbocycles. The summed E-state index contributed by atoms with van der Waals surface area (Å²) in [6.07, 6.45) is -2.14. The molecule has 4 saturated heterocycles. The Kier molecular flexibility index (Phi) is 12.7. The Labute approximate surface area is 336 Å². The van der Waals surface area contributed by atoms with E-state index in [-0.39, 0.29) is 12.4 Å². The van der Waals surface area contributed by atoms with Crippen LogP contribution in [0.15, 0.2) is 54.6 Å². The lowest BCUT2D eigenvalue weighted by molar-refractivity contribution is -0.180. The van der Waals surface area contributed by atoms with Gasteiger partial charge in [-0.2, -0.15) is 0 Å². The number of nitrogens with two attached hydrogens (primary N) is 2. The van der Waals surface area contributed by atoms with Crippen molar-refractivity contribution in [3.63, 3.8) is 0 Å². The molecular formula is C37H46N6O12S2. The molecule has 4 fully saturated rings. The zero-order chi connectivity index (χ0) is 42.1. The number of nitrogens with zero attached hydrogens (tertiary/aromatic N) is 2. The van der Waals surface area contributed by atoms with Gasteiger partial charge in [0.25, 0.3) is 0 Å². The average Bonchev–Trinajstić information content (AvgIpc) is 3.57. The lowest BCUT2D eigenvalue weighted by atomic mass is 9.95. The molecule has 0 radical (unpaired) electrons. The van der Waals surface area contributed by atoms with Gasteiger partial charge in [-0.05, 0) is 57.9 Å². The number of aromatic hydroxyl groups is 1. The van der Waals surface area contributed by atoms with E-state index in [1.54, 1.807) is 58.9 Å². The zero-order valence-electron chi connectivity index (χ0n) is 31.9. The van der Waals surface area contributed by atoms with Crippen LogP contribution in [0.5, 0.6) is 5.75 Å². The first-order valence-corrected chi connectivity index (χ1v) is 19.7. The van der Waals surface area contributed by atoms with Crippen LogP contribution in [0.1, 0.15) is 64.8 Å². The van der Waals surface area contributed by atoms with E-state index in [0.717, 1.165) is 0 Å². The molecule has 4 aliphatic rings. The number of rotatable bonds is 11. The largest absolute Gasteiger partial charge is 0.511 e. The molecule has 6 rings (SSSR count). The minimum absolute atomic E-state index is 0.0606. The third-order valence-electron chi connectivity index (χ3n) is 9.72. The fraction of sp³-hybridized carbons (Fsp3) is 0.486. The number of carboxylic acid groups (broad SMARTS) is 1. The average molecular weight is 831 g/mol. The molecular weight excluding hydrogens is 785 g/mol. The number of esters is 1. The van der Waals surface area contributed by atoms with Crippen molar-refractivity contribution in [3.05, 3.63) is 65.7 Å². The van der Waals surface area contributed by atoms with Gasteiger partial charge in [0.15, 0.2) is 0 Å². The van der Waals surface area contributed by atoms with Crippen molar-refractivity contribution in [2.24, 2.45) is 11.5 Å². The summed E-state index contributed by atoms with van der Waals surface area (Å²) in [5.41, 5.74) is 13.1. The van der Waals surface area contributed by atoms with Gasteiger partial charge in [0, 0.05) is 16.4 Å². The topological polar surface area (TPSA) is 270 Å². The minimum atomic E-state index is -1.18. The van der Waals surface area contributed by atoms with Crippen LogP contribution in [-0.4, -0.2) is 119 Å². The molecule has 9 atom stereocenters. The van der Waals surface area contributed by atoms with E-state index in [1.165, 1.54) is 64.5 Å². The van der Waals surface area contributed by atoms with Crippen LogP contribution in [0.3, 0.4) is 0 Å². The first kappa shape index (κ1) is 43.1. The summed E-state index contributed by atoms with van der Waals surface area (Å²) in [5.74, 6) is -3.52. The fourth-order valence-corrected chi connectivity index (χ4v) is 10.2. The number of aliphatic carboxylic acids is 1. The number of hydrogen-bond acceptors (Lipinski definition) is 15. The molecule has 0 spiro atoms. The number of nitrogens with one attached hydrogen (secondary N) is 2. The number of carbonyl (C=O) groups excluding carboxylic acids is 6. The molecule has 20 heteroatoms. The number of benzene rings is 2. The summed E-state index contributed by atoms with van der Waals surface area (Å²) < 4.78 is 13.4. The number of thioether (sulfide) groups is 2. The number of phenols is 1. The first-order valence-electron chi connectivity index (χ1n) is 17.9. The normalized spacial score (nSPS) is 26.4. The molecule has 0 aliphatic carbocycles. The van der Waals surface area contributed by atoms with Crippen molar-refractivity contribution in [1.82, 2.24) is 20.4 Å². The number of hydrogen-bond donors (Lipinski definition) is 6. The highest BCUT2D eigenvalue weighted by molar-refractivity contribution is 8.02. The molecule has 4 heterocycles. The number of fused-ring (bicyclic) bond motifs is 2. The molecule has 0 aromatic heterocycles. The molecule has 57 heavy (non-hydrogen) atoms. The Morgan fingerprint density at radius 3 is 1.70 bits per heavy atom. The first-order chi connectivity index (χ1) is 26.7. The SMILES string of the molecule is CC1(C)S[C@@H]2[C@H](NC(=O)[C@H](N)c3ccc(O)cc3)C(=O)N2[C@H]1C(=O)O.CCOC(=O)OC(C)OC(=O)[C@@H]1N2C(=O)[C@@H](NC(=O)[C@H](N)c3ccccc3)[C@H]2SC1(C)C. The lowest BCUT2D eigenvalue weighted by Gasteiger charge is -2.44. The van der Waals surface area contributed by atoms with E-state index in [9.17, 15) is 43.8 Å². The van der Waals surface area contributed by atoms with Gasteiger partial charge in [-0.3, -0.25) is 19.2 Å². The Morgan fingerprint density at radius 1 is 0.772 bits per heavy atom. The van der Waals surface area contributed by atoms with Crippen LogP contribution in [0.4, 0.5) is 4.79 Å². The quantitative estimate of drug-likeness (QED) is 0.106. The smallest absolute Gasteiger partial charge is 0.508 e. The monoisotopic (exact) mass is 830 g/mol. The van der Waals surface area contributed by atoms with Crippen LogP contribution in [0, 0.1) is 0 Å². The van der Waals surface area contributed by atoms with Crippen LogP contribution in [0.25, 0.3) is 0 Å². The summed E-state index contributed by atoms with van der Waals surface area (Å²) in [6, 6.07) is 9.42. The number of ether oxygens (including phenoxy) is 3. The predicted molar refractivity (Wildman–Crippen MR) is 206 cm³/mol. The molecule has 8 N–H and O–H groups in total. The van der Waals surface area contributed by atoms with Crippen molar-refractivity contribution < 1.29 is 58.0 Å². The van der Waals surface area contributed by atoms with Gasteiger partial charge in [-0.1, -0.05) is 42.5 Å². The van der Waals surface area contributed by atoms with Crippen molar-refractivity contribution in [2.75, 3.05) is 6.61 Å². The van der Waals surface area contributed by atoms with Crippen molar-refractivity contribution in [3.8, 4) is 5.75 Å². The van der Waals surface area contributed by atoms with E-state index in [2.05, 4.69) is 15.4 Å². The maximum Gasteiger partial charge on any atom is 0.511 e. The van der Waals surface area contributed by atoms with Crippen LogP contribution < -0.4 is 22.1 Å². The van der Waals surface area contributed by atoms with E-state index < -0.39 is 105 Å². The second-order valence-corrected chi connectivity index (χ2v) is 18.1. The van der Waals surface area contributed by atoms with Crippen LogP contribution >= 0.6 is 23.5 Å². The predicted octanol–water partition coefficient (Wildman–Crippen LogP) is 1.32. The van der Waals surface area contributed by atoms with Gasteiger partial charge in [-0.25, -0.2) is 14.4 Å². The van der Waals surface area contributed by atoms with Crippen molar-refractivity contribution >= 4 is 65.2 Å². The minimum Gasteiger partial charge on any atom is -0.508 e. The third kappa shape index (κ3) is 8.78. The molecule has 1 unspecified atom stereocenters. The van der Waals surface area contributed by atoms with Crippen molar-refractivity contribution in [2.45, 2.75) is 104 Å². The highest BCUT2D eigenvalue weighted by Crippen LogP contribution is 2.52. The Hall–Kier alpha value is -5.05. The number of carbonyl (C=O) groups is 7. The van der Waals surface area contributed by atoms with Gasteiger partial charge in [0.05, 0.1) is 6.61 Å². The standard InChI is InChI=1S/C21H27N3O7S.C16H19N3O5S/c1-5-29-20(28)31-11(2)30-19(27)15-21(3,4)32-18-14(17(26)24(15)18)23-16(25)13(22)12-9-7-6-8-10-12;1-16(2)11(15(23)24)19-13(22)10(14(19)25-16)18-12(21)9(17)7-3-5-8(20)6-4-7/h6-11,13-15,18H,5,22H2,1-4H3,(H,23,25);3-6,9-11,14,20H,17H2,1-2H3,(H,18,21)(H,23,24)/t11?,13-,14-,15+,18-;9-,10-,11+,14-/m11/s1.